The molecule has 0 spiro atoms. The van der Waals surface area contributed by atoms with Gasteiger partial charge in [-0.15, -0.1) is 11.3 Å². The van der Waals surface area contributed by atoms with Crippen molar-refractivity contribution in [1.82, 2.24) is 10.3 Å². The average Bonchev–Trinajstić information content (AvgIpc) is 3.07. The number of thiazole rings is 1. The van der Waals surface area contributed by atoms with Crippen LogP contribution in [0.5, 0.6) is 0 Å². The van der Waals surface area contributed by atoms with E-state index in [1.54, 1.807) is 5.38 Å². The van der Waals surface area contributed by atoms with Crippen LogP contribution in [0.3, 0.4) is 0 Å². The van der Waals surface area contributed by atoms with Crippen molar-refractivity contribution < 1.29 is 14.3 Å². The Kier molecular flexibility index (Phi) is 4.91. The molecule has 0 saturated heterocycles. The SMILES string of the molecule is Cc1nc(CC(=O)OCC(=O)NC2(C#N)CCCC2)cs1. The number of esters is 1. The molecule has 1 fully saturated rings. The van der Waals surface area contributed by atoms with Crippen LogP contribution in [0.4, 0.5) is 0 Å². The van der Waals surface area contributed by atoms with Crippen LogP contribution in [0.1, 0.15) is 36.4 Å². The van der Waals surface area contributed by atoms with Crippen molar-refractivity contribution in [1.29, 1.82) is 5.26 Å². The summed E-state index contributed by atoms with van der Waals surface area (Å²) < 4.78 is 4.92. The minimum absolute atomic E-state index is 0.0566. The summed E-state index contributed by atoms with van der Waals surface area (Å²) >= 11 is 1.46. The van der Waals surface area contributed by atoms with E-state index in [4.69, 9.17) is 10.00 Å². The molecule has 1 aliphatic carbocycles. The second-order valence-corrected chi connectivity index (χ2v) is 6.21. The molecule has 112 valence electrons. The molecule has 0 unspecified atom stereocenters. The van der Waals surface area contributed by atoms with Gasteiger partial charge in [-0.2, -0.15) is 5.26 Å². The minimum Gasteiger partial charge on any atom is -0.455 e. The highest BCUT2D eigenvalue weighted by molar-refractivity contribution is 7.09. The number of ether oxygens (including phenoxy) is 1. The lowest BCUT2D eigenvalue weighted by molar-refractivity contribution is -0.148. The predicted octanol–water partition coefficient (Wildman–Crippen LogP) is 1.49. The molecule has 1 amide bonds. The molecular formula is C14H17N3O3S. The van der Waals surface area contributed by atoms with Gasteiger partial charge in [-0.1, -0.05) is 0 Å². The topological polar surface area (TPSA) is 92.1 Å². The van der Waals surface area contributed by atoms with Crippen LogP contribution in [0.15, 0.2) is 5.38 Å². The first-order valence-corrected chi connectivity index (χ1v) is 7.70. The lowest BCUT2D eigenvalue weighted by Crippen LogP contribution is -2.46. The van der Waals surface area contributed by atoms with E-state index < -0.39 is 17.4 Å². The van der Waals surface area contributed by atoms with Crippen LogP contribution in [-0.2, 0) is 20.7 Å². The molecule has 21 heavy (non-hydrogen) atoms. The lowest BCUT2D eigenvalue weighted by Gasteiger charge is -2.21. The van der Waals surface area contributed by atoms with Gasteiger partial charge in [0.2, 0.25) is 0 Å². The molecule has 1 aromatic rings. The third kappa shape index (κ3) is 4.26. The smallest absolute Gasteiger partial charge is 0.312 e. The van der Waals surface area contributed by atoms with Gasteiger partial charge in [0, 0.05) is 5.38 Å². The summed E-state index contributed by atoms with van der Waals surface area (Å²) in [7, 11) is 0. The standard InChI is InChI=1S/C14H17N3O3S/c1-10-16-11(8-21-10)6-13(19)20-7-12(18)17-14(9-15)4-2-3-5-14/h8H,2-7H2,1H3,(H,17,18). The Morgan fingerprint density at radius 2 is 2.24 bits per heavy atom. The van der Waals surface area contributed by atoms with E-state index in [-0.39, 0.29) is 13.0 Å². The normalized spacial score (nSPS) is 16.2. The van der Waals surface area contributed by atoms with Gasteiger partial charge in [-0.3, -0.25) is 9.59 Å². The van der Waals surface area contributed by atoms with Crippen LogP contribution in [-0.4, -0.2) is 29.0 Å². The molecule has 0 aliphatic heterocycles. The maximum Gasteiger partial charge on any atom is 0.312 e. The number of hydrogen-bond acceptors (Lipinski definition) is 6. The second-order valence-electron chi connectivity index (χ2n) is 5.14. The van der Waals surface area contributed by atoms with E-state index in [1.807, 2.05) is 6.92 Å². The quantitative estimate of drug-likeness (QED) is 0.832. The van der Waals surface area contributed by atoms with Crippen molar-refractivity contribution in [2.24, 2.45) is 0 Å². The molecule has 2 rings (SSSR count). The van der Waals surface area contributed by atoms with Crippen LogP contribution in [0.2, 0.25) is 0 Å². The van der Waals surface area contributed by atoms with E-state index in [0.29, 0.717) is 18.5 Å². The molecule has 1 aliphatic rings. The summed E-state index contributed by atoms with van der Waals surface area (Å²) in [5.41, 5.74) is -0.137. The van der Waals surface area contributed by atoms with Crippen molar-refractivity contribution in [2.45, 2.75) is 44.6 Å². The Hall–Kier alpha value is -1.94. The number of rotatable bonds is 5. The molecule has 0 bridgehead atoms. The van der Waals surface area contributed by atoms with Gasteiger partial charge in [0.05, 0.1) is 23.2 Å². The molecule has 0 aromatic carbocycles. The Labute approximate surface area is 127 Å². The van der Waals surface area contributed by atoms with Gasteiger partial charge in [-0.25, -0.2) is 4.98 Å². The highest BCUT2D eigenvalue weighted by atomic mass is 32.1. The zero-order valence-corrected chi connectivity index (χ0v) is 12.7. The number of aromatic nitrogens is 1. The Bertz CT molecular complexity index is 570. The van der Waals surface area contributed by atoms with Crippen molar-refractivity contribution in [3.63, 3.8) is 0 Å². The van der Waals surface area contributed by atoms with Gasteiger partial charge in [-0.05, 0) is 32.6 Å². The minimum atomic E-state index is -0.782. The fourth-order valence-corrected chi connectivity index (χ4v) is 2.99. The molecule has 1 aromatic heterocycles. The Morgan fingerprint density at radius 3 is 2.81 bits per heavy atom. The zero-order chi connectivity index (χ0) is 15.3. The number of nitrogens with one attached hydrogen (secondary N) is 1. The molecule has 6 nitrogen and oxygen atoms in total. The molecule has 0 radical (unpaired) electrons. The first-order valence-electron chi connectivity index (χ1n) is 6.82. The lowest BCUT2D eigenvalue weighted by atomic mass is 10.00. The monoisotopic (exact) mass is 307 g/mol. The number of aryl methyl sites for hydroxylation is 1. The predicted molar refractivity (Wildman–Crippen MR) is 76.5 cm³/mol. The summed E-state index contributed by atoms with van der Waals surface area (Å²) in [6.07, 6.45) is 3.22. The van der Waals surface area contributed by atoms with E-state index in [1.165, 1.54) is 11.3 Å². The zero-order valence-electron chi connectivity index (χ0n) is 11.8. The molecular weight excluding hydrogens is 290 g/mol. The van der Waals surface area contributed by atoms with Crippen molar-refractivity contribution in [3.8, 4) is 6.07 Å². The number of carbonyl (C=O) groups is 2. The van der Waals surface area contributed by atoms with Gasteiger partial charge >= 0.3 is 5.97 Å². The maximum atomic E-state index is 11.8. The van der Waals surface area contributed by atoms with Crippen LogP contribution in [0.25, 0.3) is 0 Å². The number of amides is 1. The molecule has 1 N–H and O–H groups in total. The van der Waals surface area contributed by atoms with E-state index >= 15 is 0 Å². The maximum absolute atomic E-state index is 11.8. The van der Waals surface area contributed by atoms with Gasteiger partial charge in [0.15, 0.2) is 6.61 Å². The summed E-state index contributed by atoms with van der Waals surface area (Å²) in [6.45, 7) is 1.50. The number of hydrogen-bond donors (Lipinski definition) is 1. The fraction of sp³-hybridized carbons (Fsp3) is 0.571. The summed E-state index contributed by atoms with van der Waals surface area (Å²) in [5, 5.41) is 14.5. The third-order valence-corrected chi connectivity index (χ3v) is 4.23. The van der Waals surface area contributed by atoms with Crippen molar-refractivity contribution in [3.05, 3.63) is 16.1 Å². The van der Waals surface area contributed by atoms with Gasteiger partial charge in [0.25, 0.3) is 5.91 Å². The van der Waals surface area contributed by atoms with E-state index in [9.17, 15) is 9.59 Å². The Balaban J connectivity index is 1.76. The molecule has 1 saturated carbocycles. The number of carbonyl (C=O) groups excluding carboxylic acids is 2. The first kappa shape index (κ1) is 15.4. The highest BCUT2D eigenvalue weighted by Gasteiger charge is 2.35. The van der Waals surface area contributed by atoms with Crippen LogP contribution in [0, 0.1) is 18.3 Å². The molecule has 1 heterocycles. The molecule has 0 atom stereocenters. The number of nitrogens with zero attached hydrogens (tertiary/aromatic N) is 2. The summed E-state index contributed by atoms with van der Waals surface area (Å²) in [6, 6.07) is 2.16. The summed E-state index contributed by atoms with van der Waals surface area (Å²) in [4.78, 5) is 27.5. The molecule has 7 heteroatoms. The fourth-order valence-electron chi connectivity index (χ4n) is 2.38. The van der Waals surface area contributed by atoms with Gasteiger partial charge in [0.1, 0.15) is 5.54 Å². The highest BCUT2D eigenvalue weighted by Crippen LogP contribution is 2.28. The third-order valence-electron chi connectivity index (χ3n) is 3.41. The van der Waals surface area contributed by atoms with Crippen LogP contribution < -0.4 is 5.32 Å². The first-order chi connectivity index (χ1) is 10.0. The van der Waals surface area contributed by atoms with E-state index in [0.717, 1.165) is 17.8 Å². The van der Waals surface area contributed by atoms with Crippen LogP contribution >= 0.6 is 11.3 Å². The Morgan fingerprint density at radius 1 is 1.52 bits per heavy atom. The van der Waals surface area contributed by atoms with Crippen molar-refractivity contribution >= 4 is 23.2 Å². The second kappa shape index (κ2) is 6.68. The largest absolute Gasteiger partial charge is 0.455 e. The number of nitriles is 1. The van der Waals surface area contributed by atoms with Gasteiger partial charge < -0.3 is 10.1 Å². The summed E-state index contributed by atoms with van der Waals surface area (Å²) in [5.74, 6) is -0.922. The van der Waals surface area contributed by atoms with E-state index in [2.05, 4.69) is 16.4 Å². The van der Waals surface area contributed by atoms with Crippen molar-refractivity contribution in [2.75, 3.05) is 6.61 Å². The average molecular weight is 307 g/mol.